The number of aryl methyl sites for hydroxylation is 1. The molecule has 2 aromatic rings. The van der Waals surface area contributed by atoms with E-state index in [1.165, 1.54) is 6.07 Å². The highest BCUT2D eigenvalue weighted by Gasteiger charge is 2.33. The summed E-state index contributed by atoms with van der Waals surface area (Å²) in [6, 6.07) is 4.35. The lowest BCUT2D eigenvalue weighted by Crippen LogP contribution is -2.32. The van der Waals surface area contributed by atoms with E-state index in [1.54, 1.807) is 31.1 Å². The minimum absolute atomic E-state index is 0.00753. The molecule has 0 aliphatic carbocycles. The van der Waals surface area contributed by atoms with Crippen molar-refractivity contribution in [1.29, 1.82) is 0 Å². The van der Waals surface area contributed by atoms with Crippen molar-refractivity contribution >= 4 is 35.0 Å². The molecule has 0 spiro atoms. The Labute approximate surface area is 154 Å². The van der Waals surface area contributed by atoms with Crippen molar-refractivity contribution in [3.8, 4) is 0 Å². The quantitative estimate of drug-likeness (QED) is 0.878. The van der Waals surface area contributed by atoms with Gasteiger partial charge in [0.1, 0.15) is 11.9 Å². The molecule has 9 heteroatoms. The minimum atomic E-state index is -0.340. The Morgan fingerprint density at radius 2 is 2.08 bits per heavy atom. The lowest BCUT2D eigenvalue weighted by molar-refractivity contribution is -0.132. The fourth-order valence-electron chi connectivity index (χ4n) is 2.87. The van der Waals surface area contributed by atoms with E-state index in [-0.39, 0.29) is 29.4 Å². The van der Waals surface area contributed by atoms with Crippen LogP contribution in [-0.4, -0.2) is 45.6 Å². The van der Waals surface area contributed by atoms with Gasteiger partial charge in [-0.1, -0.05) is 23.2 Å². The highest BCUT2D eigenvalue weighted by Crippen LogP contribution is 2.27. The van der Waals surface area contributed by atoms with Crippen LogP contribution in [0.3, 0.4) is 0 Å². The van der Waals surface area contributed by atoms with Crippen molar-refractivity contribution in [3.05, 3.63) is 45.5 Å². The maximum atomic E-state index is 12.3. The number of hydrogen-bond acceptors (Lipinski definition) is 4. The van der Waals surface area contributed by atoms with Gasteiger partial charge in [0.05, 0.1) is 17.1 Å². The summed E-state index contributed by atoms with van der Waals surface area (Å²) in [5.74, 6) is 0.958. The van der Waals surface area contributed by atoms with Crippen LogP contribution in [-0.2, 0) is 17.8 Å². The molecule has 132 valence electrons. The summed E-state index contributed by atoms with van der Waals surface area (Å²) in [5, 5.41) is 11.7. The van der Waals surface area contributed by atoms with E-state index in [0.29, 0.717) is 29.3 Å². The van der Waals surface area contributed by atoms with E-state index in [4.69, 9.17) is 23.2 Å². The number of carbonyl (C=O) groups excluding carboxylic acids is 2. The van der Waals surface area contributed by atoms with Gasteiger partial charge in [-0.25, -0.2) is 0 Å². The molecular weight excluding hydrogens is 365 g/mol. The van der Waals surface area contributed by atoms with Crippen LogP contribution in [0.4, 0.5) is 0 Å². The number of rotatable bonds is 4. The van der Waals surface area contributed by atoms with Crippen molar-refractivity contribution in [3.63, 3.8) is 0 Å². The number of nitrogens with one attached hydrogen (secondary N) is 1. The predicted molar refractivity (Wildman–Crippen MR) is 93.7 cm³/mol. The molecule has 1 aromatic heterocycles. The molecule has 2 heterocycles. The van der Waals surface area contributed by atoms with Crippen LogP contribution in [0.25, 0.3) is 0 Å². The number of benzene rings is 1. The number of carbonyl (C=O) groups is 2. The predicted octanol–water partition coefficient (Wildman–Crippen LogP) is 2.09. The van der Waals surface area contributed by atoms with Gasteiger partial charge in [0.15, 0.2) is 5.82 Å². The average Bonchev–Trinajstić information content (AvgIpc) is 3.14. The smallest absolute Gasteiger partial charge is 0.253 e. The van der Waals surface area contributed by atoms with Crippen LogP contribution in [0.15, 0.2) is 18.2 Å². The highest BCUT2D eigenvalue weighted by atomic mass is 35.5. The zero-order valence-electron chi connectivity index (χ0n) is 13.8. The standard InChI is InChI=1S/C16H17Cl2N5O2/c1-22(2)16(25)12-5-6-13-20-21-14(23(12)13)8-19-15(24)10-4-3-9(17)7-11(10)18/h3-4,7,12H,5-6,8H2,1-2H3,(H,19,24). The molecule has 1 unspecified atom stereocenters. The lowest BCUT2D eigenvalue weighted by atomic mass is 10.2. The maximum absolute atomic E-state index is 12.3. The van der Waals surface area contributed by atoms with Gasteiger partial charge in [-0.05, 0) is 24.6 Å². The Hall–Kier alpha value is -2.12. The SMILES string of the molecule is CN(C)C(=O)C1CCc2nnc(CNC(=O)c3ccc(Cl)cc3Cl)n21. The van der Waals surface area contributed by atoms with E-state index in [2.05, 4.69) is 15.5 Å². The second kappa shape index (κ2) is 7.01. The molecule has 1 atom stereocenters. The Bertz CT molecular complexity index is 834. The van der Waals surface area contributed by atoms with Crippen LogP contribution in [0.5, 0.6) is 0 Å². The lowest BCUT2D eigenvalue weighted by Gasteiger charge is -2.19. The second-order valence-corrected chi connectivity index (χ2v) is 6.84. The monoisotopic (exact) mass is 381 g/mol. The molecule has 0 saturated heterocycles. The average molecular weight is 382 g/mol. The van der Waals surface area contributed by atoms with Gasteiger partial charge in [-0.3, -0.25) is 9.59 Å². The van der Waals surface area contributed by atoms with Crippen molar-refractivity contribution in [2.24, 2.45) is 0 Å². The van der Waals surface area contributed by atoms with Crippen LogP contribution in [0.2, 0.25) is 10.0 Å². The third-order valence-corrected chi connectivity index (χ3v) is 4.65. The highest BCUT2D eigenvalue weighted by molar-refractivity contribution is 6.36. The number of aromatic nitrogens is 3. The van der Waals surface area contributed by atoms with Crippen LogP contribution in [0.1, 0.15) is 34.5 Å². The third-order valence-electron chi connectivity index (χ3n) is 4.10. The Morgan fingerprint density at radius 3 is 2.76 bits per heavy atom. The Morgan fingerprint density at radius 1 is 1.32 bits per heavy atom. The summed E-state index contributed by atoms with van der Waals surface area (Å²) in [5.41, 5.74) is 0.327. The number of halogens is 2. The van der Waals surface area contributed by atoms with Crippen molar-refractivity contribution < 1.29 is 9.59 Å². The van der Waals surface area contributed by atoms with Gasteiger partial charge >= 0.3 is 0 Å². The number of fused-ring (bicyclic) bond motifs is 1. The first kappa shape index (κ1) is 17.7. The van der Waals surface area contributed by atoms with Gasteiger partial charge in [-0.15, -0.1) is 10.2 Å². The topological polar surface area (TPSA) is 80.1 Å². The second-order valence-electron chi connectivity index (χ2n) is 6.00. The van der Waals surface area contributed by atoms with Crippen LogP contribution in [0, 0.1) is 0 Å². The molecular formula is C16H17Cl2N5O2. The van der Waals surface area contributed by atoms with E-state index in [9.17, 15) is 9.59 Å². The van der Waals surface area contributed by atoms with E-state index in [1.807, 2.05) is 4.57 Å². The van der Waals surface area contributed by atoms with Gasteiger partial charge in [0.2, 0.25) is 5.91 Å². The van der Waals surface area contributed by atoms with Crippen molar-refractivity contribution in [1.82, 2.24) is 25.0 Å². The Kier molecular flexibility index (Phi) is 4.96. The van der Waals surface area contributed by atoms with Crippen molar-refractivity contribution in [2.75, 3.05) is 14.1 Å². The first-order chi connectivity index (χ1) is 11.9. The van der Waals surface area contributed by atoms with Gasteiger partial charge in [0.25, 0.3) is 5.91 Å². The minimum Gasteiger partial charge on any atom is -0.347 e. The van der Waals surface area contributed by atoms with Gasteiger partial charge in [0, 0.05) is 25.5 Å². The fourth-order valence-corrected chi connectivity index (χ4v) is 3.36. The molecule has 0 radical (unpaired) electrons. The summed E-state index contributed by atoms with van der Waals surface area (Å²) < 4.78 is 1.81. The zero-order chi connectivity index (χ0) is 18.1. The number of nitrogens with zero attached hydrogens (tertiary/aromatic N) is 4. The molecule has 1 aliphatic heterocycles. The molecule has 1 aromatic carbocycles. The zero-order valence-corrected chi connectivity index (χ0v) is 15.3. The van der Waals surface area contributed by atoms with Crippen molar-refractivity contribution in [2.45, 2.75) is 25.4 Å². The molecule has 1 aliphatic rings. The number of amides is 2. The molecule has 7 nitrogen and oxygen atoms in total. The molecule has 25 heavy (non-hydrogen) atoms. The largest absolute Gasteiger partial charge is 0.347 e. The van der Waals surface area contributed by atoms with E-state index < -0.39 is 0 Å². The summed E-state index contributed by atoms with van der Waals surface area (Å²) in [6.45, 7) is 0.155. The summed E-state index contributed by atoms with van der Waals surface area (Å²) in [7, 11) is 3.43. The summed E-state index contributed by atoms with van der Waals surface area (Å²) in [6.07, 6.45) is 1.38. The van der Waals surface area contributed by atoms with Gasteiger partial charge in [-0.2, -0.15) is 0 Å². The number of hydrogen-bond donors (Lipinski definition) is 1. The number of likely N-dealkylation sites (N-methyl/N-ethyl adjacent to an activating group) is 1. The first-order valence-electron chi connectivity index (χ1n) is 7.75. The maximum Gasteiger partial charge on any atom is 0.253 e. The molecule has 2 amide bonds. The van der Waals surface area contributed by atoms with Gasteiger partial charge < -0.3 is 14.8 Å². The summed E-state index contributed by atoms with van der Waals surface area (Å²) >= 11 is 11.9. The normalized spacial score (nSPS) is 15.8. The van der Waals surface area contributed by atoms with E-state index in [0.717, 1.165) is 5.82 Å². The van der Waals surface area contributed by atoms with Crippen LogP contribution >= 0.6 is 23.2 Å². The molecule has 0 bridgehead atoms. The molecule has 3 rings (SSSR count). The molecule has 0 fully saturated rings. The fraction of sp³-hybridized carbons (Fsp3) is 0.375. The first-order valence-corrected chi connectivity index (χ1v) is 8.51. The third kappa shape index (κ3) is 3.48. The van der Waals surface area contributed by atoms with E-state index >= 15 is 0 Å². The Balaban J connectivity index is 1.75. The summed E-state index contributed by atoms with van der Waals surface area (Å²) in [4.78, 5) is 26.2. The molecule has 0 saturated carbocycles. The van der Waals surface area contributed by atoms with Crippen LogP contribution < -0.4 is 5.32 Å². The molecule has 1 N–H and O–H groups in total.